The van der Waals surface area contributed by atoms with Crippen molar-refractivity contribution in [1.82, 2.24) is 0 Å². The lowest BCUT2D eigenvalue weighted by atomic mass is 10.1. The van der Waals surface area contributed by atoms with Crippen LogP contribution in [-0.4, -0.2) is 18.2 Å². The van der Waals surface area contributed by atoms with Gasteiger partial charge < -0.3 is 9.32 Å². The van der Waals surface area contributed by atoms with Crippen LogP contribution < -0.4 is 4.90 Å². The number of carbonyl (C=O) groups excluding carboxylic acids is 2. The van der Waals surface area contributed by atoms with Crippen molar-refractivity contribution in [2.45, 2.75) is 12.8 Å². The summed E-state index contributed by atoms with van der Waals surface area (Å²) in [6.45, 7) is 0.749. The highest BCUT2D eigenvalue weighted by Crippen LogP contribution is 2.24. The predicted molar refractivity (Wildman–Crippen MR) is 77.9 cm³/mol. The second-order valence-corrected chi connectivity index (χ2v) is 5.35. The number of carbonyl (C=O) groups is 2. The van der Waals surface area contributed by atoms with E-state index in [1.807, 2.05) is 12.1 Å². The van der Waals surface area contributed by atoms with Crippen LogP contribution in [-0.2, 0) is 4.79 Å². The standard InChI is InChI=1S/C15H12BrNO3/c16-15-12(7-9-20-15)14(19)10-3-5-11(6-4-10)17-8-1-2-13(17)18/h3-7,9H,1-2,8H2. The zero-order valence-corrected chi connectivity index (χ0v) is 12.2. The highest BCUT2D eigenvalue weighted by Gasteiger charge is 2.22. The molecule has 1 amide bonds. The Morgan fingerprint density at radius 2 is 1.95 bits per heavy atom. The highest BCUT2D eigenvalue weighted by atomic mass is 79.9. The number of ketones is 1. The maximum atomic E-state index is 12.3. The van der Waals surface area contributed by atoms with Crippen molar-refractivity contribution in [2.24, 2.45) is 0 Å². The molecule has 1 saturated heterocycles. The van der Waals surface area contributed by atoms with Crippen molar-refractivity contribution in [3.05, 3.63) is 52.4 Å². The average molecular weight is 334 g/mol. The Balaban J connectivity index is 1.85. The van der Waals surface area contributed by atoms with Crippen molar-refractivity contribution in [1.29, 1.82) is 0 Å². The van der Waals surface area contributed by atoms with Gasteiger partial charge in [-0.3, -0.25) is 9.59 Å². The van der Waals surface area contributed by atoms with Gasteiger partial charge in [0.05, 0.1) is 11.8 Å². The maximum absolute atomic E-state index is 12.3. The molecule has 0 bridgehead atoms. The molecule has 102 valence electrons. The summed E-state index contributed by atoms with van der Waals surface area (Å²) in [4.78, 5) is 25.7. The quantitative estimate of drug-likeness (QED) is 0.809. The maximum Gasteiger partial charge on any atom is 0.227 e. The highest BCUT2D eigenvalue weighted by molar-refractivity contribution is 9.10. The molecule has 20 heavy (non-hydrogen) atoms. The Labute approximate surface area is 124 Å². The Kier molecular flexibility index (Phi) is 3.44. The first-order valence-corrected chi connectivity index (χ1v) is 7.14. The first-order chi connectivity index (χ1) is 9.66. The summed E-state index contributed by atoms with van der Waals surface area (Å²) in [5, 5.41) is 0. The lowest BCUT2D eigenvalue weighted by molar-refractivity contribution is -0.117. The number of nitrogens with zero attached hydrogens (tertiary/aromatic N) is 1. The van der Waals surface area contributed by atoms with Crippen LogP contribution in [0.5, 0.6) is 0 Å². The molecule has 1 aliphatic rings. The number of hydrogen-bond donors (Lipinski definition) is 0. The van der Waals surface area contributed by atoms with Gasteiger partial charge in [-0.2, -0.15) is 0 Å². The van der Waals surface area contributed by atoms with Gasteiger partial charge in [-0.05, 0) is 52.7 Å². The Bertz CT molecular complexity index is 660. The van der Waals surface area contributed by atoms with E-state index in [4.69, 9.17) is 4.42 Å². The molecule has 2 heterocycles. The van der Waals surface area contributed by atoms with Crippen molar-refractivity contribution in [3.63, 3.8) is 0 Å². The monoisotopic (exact) mass is 333 g/mol. The molecular weight excluding hydrogens is 322 g/mol. The second-order valence-electron chi connectivity index (χ2n) is 4.63. The number of hydrogen-bond acceptors (Lipinski definition) is 3. The summed E-state index contributed by atoms with van der Waals surface area (Å²) in [5.41, 5.74) is 1.91. The zero-order valence-electron chi connectivity index (χ0n) is 10.6. The number of amides is 1. The van der Waals surface area contributed by atoms with Gasteiger partial charge in [0.15, 0.2) is 10.5 Å². The fourth-order valence-corrected chi connectivity index (χ4v) is 2.75. The van der Waals surface area contributed by atoms with Gasteiger partial charge in [-0.1, -0.05) is 0 Å². The SMILES string of the molecule is O=C(c1ccc(N2CCCC2=O)cc1)c1ccoc1Br. The molecule has 0 unspecified atom stereocenters. The van der Waals surface area contributed by atoms with Crippen LogP contribution in [0.4, 0.5) is 5.69 Å². The Morgan fingerprint density at radius 1 is 1.20 bits per heavy atom. The van der Waals surface area contributed by atoms with Crippen LogP contribution >= 0.6 is 15.9 Å². The molecule has 0 radical (unpaired) electrons. The summed E-state index contributed by atoms with van der Waals surface area (Å²) in [5.74, 6) is 0.0339. The molecule has 0 N–H and O–H groups in total. The topological polar surface area (TPSA) is 50.5 Å². The van der Waals surface area contributed by atoms with Gasteiger partial charge in [0.2, 0.25) is 5.91 Å². The number of benzene rings is 1. The summed E-state index contributed by atoms with van der Waals surface area (Å²) in [6.07, 6.45) is 2.96. The predicted octanol–water partition coefficient (Wildman–Crippen LogP) is 3.40. The molecule has 5 heteroatoms. The van der Waals surface area contributed by atoms with Gasteiger partial charge in [0.25, 0.3) is 0 Å². The number of anilines is 1. The van der Waals surface area contributed by atoms with E-state index in [1.165, 1.54) is 6.26 Å². The molecular formula is C15H12BrNO3. The number of furan rings is 1. The summed E-state index contributed by atoms with van der Waals surface area (Å²) in [7, 11) is 0. The number of halogens is 1. The van der Waals surface area contributed by atoms with Crippen LogP contribution in [0, 0.1) is 0 Å². The molecule has 0 atom stereocenters. The third-order valence-corrected chi connectivity index (χ3v) is 3.99. The van der Waals surface area contributed by atoms with Crippen molar-refractivity contribution in [3.8, 4) is 0 Å². The van der Waals surface area contributed by atoms with Gasteiger partial charge in [0.1, 0.15) is 0 Å². The van der Waals surface area contributed by atoms with Crippen LogP contribution in [0.1, 0.15) is 28.8 Å². The molecule has 1 aromatic carbocycles. The van der Waals surface area contributed by atoms with Crippen LogP contribution in [0.3, 0.4) is 0 Å². The number of rotatable bonds is 3. The van der Waals surface area contributed by atoms with Crippen molar-refractivity contribution >= 4 is 33.3 Å². The minimum Gasteiger partial charge on any atom is -0.457 e. The smallest absolute Gasteiger partial charge is 0.227 e. The molecule has 1 aliphatic heterocycles. The molecule has 4 nitrogen and oxygen atoms in total. The fourth-order valence-electron chi connectivity index (χ4n) is 2.33. The van der Waals surface area contributed by atoms with E-state index < -0.39 is 0 Å². The van der Waals surface area contributed by atoms with Gasteiger partial charge in [-0.15, -0.1) is 0 Å². The minimum atomic E-state index is -0.107. The Hall–Kier alpha value is -1.88. The van der Waals surface area contributed by atoms with Gasteiger partial charge >= 0.3 is 0 Å². The van der Waals surface area contributed by atoms with Gasteiger partial charge in [0, 0.05) is 24.2 Å². The normalized spacial score (nSPS) is 14.8. The van der Waals surface area contributed by atoms with E-state index in [0.717, 1.165) is 18.7 Å². The largest absolute Gasteiger partial charge is 0.457 e. The van der Waals surface area contributed by atoms with Crippen LogP contribution in [0.15, 0.2) is 45.7 Å². The summed E-state index contributed by atoms with van der Waals surface area (Å²) < 4.78 is 5.50. The molecule has 0 saturated carbocycles. The summed E-state index contributed by atoms with van der Waals surface area (Å²) in [6, 6.07) is 8.73. The van der Waals surface area contributed by atoms with E-state index in [2.05, 4.69) is 15.9 Å². The van der Waals surface area contributed by atoms with Crippen LogP contribution in [0.25, 0.3) is 0 Å². The zero-order chi connectivity index (χ0) is 14.1. The minimum absolute atomic E-state index is 0.107. The summed E-state index contributed by atoms with van der Waals surface area (Å²) >= 11 is 3.20. The third kappa shape index (κ3) is 2.29. The lowest BCUT2D eigenvalue weighted by Crippen LogP contribution is -2.23. The average Bonchev–Trinajstić information content (AvgIpc) is 3.07. The van der Waals surface area contributed by atoms with E-state index in [1.54, 1.807) is 23.1 Å². The third-order valence-electron chi connectivity index (χ3n) is 3.38. The molecule has 0 aliphatic carbocycles. The molecule has 2 aromatic rings. The first kappa shape index (κ1) is 13.1. The first-order valence-electron chi connectivity index (χ1n) is 6.35. The lowest BCUT2D eigenvalue weighted by Gasteiger charge is -2.15. The van der Waals surface area contributed by atoms with E-state index in [9.17, 15) is 9.59 Å². The van der Waals surface area contributed by atoms with Crippen molar-refractivity contribution < 1.29 is 14.0 Å². The second kappa shape index (κ2) is 5.25. The molecule has 1 fully saturated rings. The molecule has 1 aromatic heterocycles. The Morgan fingerprint density at radius 3 is 2.50 bits per heavy atom. The van der Waals surface area contributed by atoms with Crippen LogP contribution in [0.2, 0.25) is 0 Å². The van der Waals surface area contributed by atoms with E-state index >= 15 is 0 Å². The fraction of sp³-hybridized carbons (Fsp3) is 0.200. The molecule has 0 spiro atoms. The van der Waals surface area contributed by atoms with Gasteiger partial charge in [-0.25, -0.2) is 0 Å². The van der Waals surface area contributed by atoms with E-state index in [0.29, 0.717) is 22.2 Å². The van der Waals surface area contributed by atoms with Crippen molar-refractivity contribution in [2.75, 3.05) is 11.4 Å². The molecule has 3 rings (SSSR count). The van der Waals surface area contributed by atoms with E-state index in [-0.39, 0.29) is 11.7 Å².